The minimum absolute atomic E-state index is 0.115. The van der Waals surface area contributed by atoms with E-state index in [9.17, 15) is 19.5 Å². The van der Waals surface area contributed by atoms with Gasteiger partial charge in [-0.3, -0.25) is 4.90 Å². The highest BCUT2D eigenvalue weighted by Crippen LogP contribution is 2.47. The average molecular weight is 390 g/mol. The molecule has 0 radical (unpaired) electrons. The normalized spacial score (nSPS) is 26.0. The number of carbonyl (C=O) groups excluding carboxylic acids is 2. The molecule has 1 aromatic carbocycles. The van der Waals surface area contributed by atoms with Gasteiger partial charge in [-0.15, -0.1) is 0 Å². The number of fused-ring (bicyclic) bond motifs is 2. The summed E-state index contributed by atoms with van der Waals surface area (Å²) in [4.78, 5) is 38.2. The number of benzene rings is 1. The number of amides is 2. The molecule has 0 aromatic heterocycles. The lowest BCUT2D eigenvalue weighted by atomic mass is 9.85. The second-order valence-corrected chi connectivity index (χ2v) is 8.31. The number of carbonyl (C=O) groups is 3. The van der Waals surface area contributed by atoms with E-state index < -0.39 is 41.4 Å². The topological polar surface area (TPSA) is 105 Å². The van der Waals surface area contributed by atoms with Crippen molar-refractivity contribution in [3.05, 3.63) is 35.9 Å². The fourth-order valence-electron chi connectivity index (χ4n) is 4.02. The molecule has 2 N–H and O–H groups in total. The van der Waals surface area contributed by atoms with Crippen molar-refractivity contribution in [2.45, 2.75) is 69.9 Å². The predicted octanol–water partition coefficient (Wildman–Crippen LogP) is 2.91. The summed E-state index contributed by atoms with van der Waals surface area (Å²) in [6.07, 6.45) is -0.351. The third-order valence-electron chi connectivity index (χ3n) is 5.17. The zero-order valence-corrected chi connectivity index (χ0v) is 16.3. The van der Waals surface area contributed by atoms with Gasteiger partial charge in [-0.1, -0.05) is 30.3 Å². The molecule has 0 spiro atoms. The maximum atomic E-state index is 12.7. The lowest BCUT2D eigenvalue weighted by Crippen LogP contribution is -2.52. The molecule has 1 aromatic rings. The quantitative estimate of drug-likeness (QED) is 0.819. The van der Waals surface area contributed by atoms with Gasteiger partial charge in [0.1, 0.15) is 17.7 Å². The summed E-state index contributed by atoms with van der Waals surface area (Å²) in [5, 5.41) is 12.6. The summed E-state index contributed by atoms with van der Waals surface area (Å²) in [5.41, 5.74) is -1.25. The lowest BCUT2D eigenvalue weighted by Gasteiger charge is -2.32. The van der Waals surface area contributed by atoms with Crippen LogP contribution in [0.1, 0.15) is 45.6 Å². The lowest BCUT2D eigenvalue weighted by molar-refractivity contribution is -0.148. The maximum absolute atomic E-state index is 12.7. The Morgan fingerprint density at radius 3 is 2.54 bits per heavy atom. The molecule has 2 fully saturated rings. The van der Waals surface area contributed by atoms with Crippen molar-refractivity contribution < 1.29 is 29.0 Å². The van der Waals surface area contributed by atoms with E-state index in [1.165, 1.54) is 4.90 Å². The minimum Gasteiger partial charge on any atom is -0.479 e. The van der Waals surface area contributed by atoms with Crippen molar-refractivity contribution in [3.63, 3.8) is 0 Å². The van der Waals surface area contributed by atoms with Crippen molar-refractivity contribution in [1.82, 2.24) is 10.2 Å². The number of hydrogen-bond acceptors (Lipinski definition) is 5. The van der Waals surface area contributed by atoms with E-state index >= 15 is 0 Å². The molecule has 2 aliphatic rings. The summed E-state index contributed by atoms with van der Waals surface area (Å²) in [6, 6.07) is 8.32. The molecule has 2 unspecified atom stereocenters. The van der Waals surface area contributed by atoms with Crippen molar-refractivity contribution >= 4 is 18.2 Å². The number of carboxylic acid groups (broad SMARTS) is 1. The first-order valence-electron chi connectivity index (χ1n) is 9.35. The number of ether oxygens (including phenoxy) is 2. The Bertz CT molecular complexity index is 760. The van der Waals surface area contributed by atoms with Crippen LogP contribution >= 0.6 is 0 Å². The van der Waals surface area contributed by atoms with E-state index in [0.29, 0.717) is 12.8 Å². The van der Waals surface area contributed by atoms with Crippen molar-refractivity contribution in [3.8, 4) is 0 Å². The van der Waals surface area contributed by atoms with Crippen LogP contribution in [0.3, 0.4) is 0 Å². The molecule has 3 atom stereocenters. The van der Waals surface area contributed by atoms with E-state index in [4.69, 9.17) is 9.47 Å². The summed E-state index contributed by atoms with van der Waals surface area (Å²) < 4.78 is 10.7. The Kier molecular flexibility index (Phi) is 5.23. The van der Waals surface area contributed by atoms with E-state index in [1.54, 1.807) is 20.8 Å². The van der Waals surface area contributed by atoms with Crippen LogP contribution in [0, 0.1) is 0 Å². The predicted molar refractivity (Wildman–Crippen MR) is 99.6 cm³/mol. The van der Waals surface area contributed by atoms with Crippen LogP contribution in [0.2, 0.25) is 0 Å². The van der Waals surface area contributed by atoms with Crippen LogP contribution in [-0.4, -0.2) is 51.4 Å². The Balaban J connectivity index is 1.68. The molecule has 2 amide bonds. The van der Waals surface area contributed by atoms with Crippen molar-refractivity contribution in [2.24, 2.45) is 0 Å². The molecule has 2 saturated heterocycles. The van der Waals surface area contributed by atoms with Crippen LogP contribution in [0.5, 0.6) is 0 Å². The van der Waals surface area contributed by atoms with Gasteiger partial charge in [-0.25, -0.2) is 14.4 Å². The minimum atomic E-state index is -1.36. The first-order chi connectivity index (χ1) is 13.1. The zero-order chi connectivity index (χ0) is 20.5. The zero-order valence-electron chi connectivity index (χ0n) is 16.3. The number of nitrogens with zero attached hydrogens (tertiary/aromatic N) is 1. The van der Waals surface area contributed by atoms with E-state index in [0.717, 1.165) is 5.56 Å². The van der Waals surface area contributed by atoms with Gasteiger partial charge in [0.05, 0.1) is 12.1 Å². The third kappa shape index (κ3) is 3.90. The molecule has 3 rings (SSSR count). The van der Waals surface area contributed by atoms with Gasteiger partial charge < -0.3 is 19.9 Å². The van der Waals surface area contributed by atoms with Gasteiger partial charge in [-0.2, -0.15) is 0 Å². The molecule has 8 nitrogen and oxygen atoms in total. The summed E-state index contributed by atoms with van der Waals surface area (Å²) >= 11 is 0. The molecule has 28 heavy (non-hydrogen) atoms. The average Bonchev–Trinajstić information content (AvgIpc) is 3.14. The molecule has 2 bridgehead atoms. The highest BCUT2D eigenvalue weighted by atomic mass is 16.6. The molecular formula is C20H26N2O6. The molecule has 2 heterocycles. The van der Waals surface area contributed by atoms with Gasteiger partial charge in [0, 0.05) is 6.42 Å². The largest absolute Gasteiger partial charge is 0.479 e. The highest BCUT2D eigenvalue weighted by Gasteiger charge is 2.64. The summed E-state index contributed by atoms with van der Waals surface area (Å²) in [5.74, 6) is -1.08. The first-order valence-corrected chi connectivity index (χ1v) is 9.35. The van der Waals surface area contributed by atoms with E-state index in [1.807, 2.05) is 30.3 Å². The van der Waals surface area contributed by atoms with E-state index in [2.05, 4.69) is 5.32 Å². The fraction of sp³-hybridized carbons (Fsp3) is 0.550. The van der Waals surface area contributed by atoms with Gasteiger partial charge >= 0.3 is 18.2 Å². The van der Waals surface area contributed by atoms with Crippen LogP contribution in [0.4, 0.5) is 9.59 Å². The number of hydrogen-bond donors (Lipinski definition) is 2. The Hall–Kier alpha value is -2.77. The van der Waals surface area contributed by atoms with Gasteiger partial charge in [0.25, 0.3) is 0 Å². The number of rotatable bonds is 4. The van der Waals surface area contributed by atoms with Crippen molar-refractivity contribution in [2.75, 3.05) is 0 Å². The van der Waals surface area contributed by atoms with Crippen LogP contribution in [0.25, 0.3) is 0 Å². The number of aliphatic carboxylic acids is 1. The smallest absolute Gasteiger partial charge is 0.411 e. The van der Waals surface area contributed by atoms with Gasteiger partial charge in [-0.05, 0) is 39.2 Å². The monoisotopic (exact) mass is 390 g/mol. The summed E-state index contributed by atoms with van der Waals surface area (Å²) in [6.45, 7) is 5.30. The molecule has 0 aliphatic carbocycles. The molecule has 0 saturated carbocycles. The van der Waals surface area contributed by atoms with Crippen LogP contribution in [0.15, 0.2) is 30.3 Å². The van der Waals surface area contributed by atoms with Gasteiger partial charge in [0.15, 0.2) is 0 Å². The Morgan fingerprint density at radius 1 is 1.25 bits per heavy atom. The number of alkyl carbamates (subject to hydrolysis) is 1. The SMILES string of the molecule is CC(C)(C)OC(=O)N1C2CCC1(C(=O)O)C[C@H]2NC(=O)OCc1ccccc1. The van der Waals surface area contributed by atoms with Crippen LogP contribution < -0.4 is 5.32 Å². The van der Waals surface area contributed by atoms with E-state index in [-0.39, 0.29) is 13.0 Å². The molecule has 2 aliphatic heterocycles. The maximum Gasteiger partial charge on any atom is 0.411 e. The Morgan fingerprint density at radius 2 is 1.93 bits per heavy atom. The standard InChI is InChI=1S/C20H26N2O6/c1-19(2,3)28-18(26)22-15-9-10-20(22,16(23)24)11-14(15)21-17(25)27-12-13-7-5-4-6-8-13/h4-8,14-15H,9-12H2,1-3H3,(H,21,25)(H,23,24)/t14-,15?,20?/m1/s1. The molecule has 152 valence electrons. The van der Waals surface area contributed by atoms with Gasteiger partial charge in [0.2, 0.25) is 0 Å². The third-order valence-corrected chi connectivity index (χ3v) is 5.17. The van der Waals surface area contributed by atoms with Crippen LogP contribution in [-0.2, 0) is 20.9 Å². The Labute approximate surface area is 163 Å². The number of nitrogens with one attached hydrogen (secondary N) is 1. The summed E-state index contributed by atoms with van der Waals surface area (Å²) in [7, 11) is 0. The highest BCUT2D eigenvalue weighted by molar-refractivity contribution is 5.87. The number of carboxylic acids is 1. The first kappa shape index (κ1) is 20.0. The second-order valence-electron chi connectivity index (χ2n) is 8.31. The van der Waals surface area contributed by atoms with Crippen molar-refractivity contribution in [1.29, 1.82) is 0 Å². The molecule has 8 heteroatoms. The second kappa shape index (κ2) is 7.33. The fourth-order valence-corrected chi connectivity index (χ4v) is 4.02. The molecular weight excluding hydrogens is 364 g/mol.